The van der Waals surface area contributed by atoms with Crippen LogP contribution in [0, 0.1) is 0 Å². The Morgan fingerprint density at radius 1 is 1.09 bits per heavy atom. The summed E-state index contributed by atoms with van der Waals surface area (Å²) in [5.41, 5.74) is 2.25. The number of nitrogens with one attached hydrogen (secondary N) is 1. The maximum atomic E-state index is 12.1. The molecule has 0 saturated carbocycles. The minimum atomic E-state index is -0.0427. The van der Waals surface area contributed by atoms with E-state index in [1.807, 2.05) is 49.4 Å². The third kappa shape index (κ3) is 5.08. The van der Waals surface area contributed by atoms with Crippen LogP contribution < -0.4 is 5.32 Å². The fourth-order valence-electron chi connectivity index (χ4n) is 2.16. The fourth-order valence-corrected chi connectivity index (χ4v) is 3.20. The lowest BCUT2D eigenvalue weighted by Gasteiger charge is -2.16. The van der Waals surface area contributed by atoms with Gasteiger partial charge in [0.2, 0.25) is 5.91 Å². The lowest BCUT2D eigenvalue weighted by Crippen LogP contribution is -2.28. The van der Waals surface area contributed by atoms with Crippen LogP contribution in [0.15, 0.2) is 54.6 Å². The molecule has 0 fully saturated rings. The van der Waals surface area contributed by atoms with Crippen LogP contribution in [0.25, 0.3) is 0 Å². The van der Waals surface area contributed by atoms with Gasteiger partial charge in [0.15, 0.2) is 0 Å². The Labute approximate surface area is 141 Å². The van der Waals surface area contributed by atoms with E-state index >= 15 is 0 Å². The first-order valence-electron chi connectivity index (χ1n) is 7.27. The van der Waals surface area contributed by atoms with Gasteiger partial charge in [-0.3, -0.25) is 4.79 Å². The summed E-state index contributed by atoms with van der Waals surface area (Å²) in [6.45, 7) is 4.09. The monoisotopic (exact) mass is 333 g/mol. The van der Waals surface area contributed by atoms with Crippen molar-refractivity contribution in [3.8, 4) is 0 Å². The lowest BCUT2D eigenvalue weighted by atomic mass is 10.1. The zero-order chi connectivity index (χ0) is 15.9. The molecule has 2 nitrogen and oxygen atoms in total. The number of benzene rings is 2. The molecule has 0 aromatic heterocycles. The van der Waals surface area contributed by atoms with Crippen molar-refractivity contribution in [3.05, 3.63) is 70.7 Å². The Morgan fingerprint density at radius 2 is 1.77 bits per heavy atom. The number of halogens is 1. The second kappa shape index (κ2) is 8.25. The number of carbonyl (C=O) groups is 1. The average molecular weight is 334 g/mol. The molecule has 0 bridgehead atoms. The van der Waals surface area contributed by atoms with Gasteiger partial charge in [-0.2, -0.15) is 0 Å². The molecule has 0 unspecified atom stereocenters. The standard InChI is InChI=1S/C18H20ClNOS/c1-13(16-9-6-10-17(19)11-16)20-18(21)12-22-14(2)15-7-4-3-5-8-15/h3-11,13-14H,12H2,1-2H3,(H,20,21)/t13-,14+/m1/s1. The van der Waals surface area contributed by atoms with Gasteiger partial charge < -0.3 is 5.32 Å². The molecule has 0 saturated heterocycles. The highest BCUT2D eigenvalue weighted by Gasteiger charge is 2.12. The predicted octanol–water partition coefficient (Wildman–Crippen LogP) is 5.01. The third-order valence-electron chi connectivity index (χ3n) is 3.46. The summed E-state index contributed by atoms with van der Waals surface area (Å²) in [5.74, 6) is 0.487. The molecule has 4 heteroatoms. The van der Waals surface area contributed by atoms with Crippen molar-refractivity contribution in [3.63, 3.8) is 0 Å². The van der Waals surface area contributed by atoms with E-state index in [1.54, 1.807) is 11.8 Å². The van der Waals surface area contributed by atoms with E-state index in [9.17, 15) is 4.79 Å². The maximum absolute atomic E-state index is 12.1. The summed E-state index contributed by atoms with van der Waals surface area (Å²) in [6.07, 6.45) is 0. The second-order valence-corrected chi connectivity index (χ2v) is 6.97. The number of thioether (sulfide) groups is 1. The average Bonchev–Trinajstić information content (AvgIpc) is 2.53. The summed E-state index contributed by atoms with van der Waals surface area (Å²) in [4.78, 5) is 12.1. The van der Waals surface area contributed by atoms with Gasteiger partial charge >= 0.3 is 0 Å². The van der Waals surface area contributed by atoms with Gasteiger partial charge in [0.25, 0.3) is 0 Å². The molecule has 2 rings (SSSR count). The molecule has 2 aromatic rings. The maximum Gasteiger partial charge on any atom is 0.230 e. The smallest absolute Gasteiger partial charge is 0.230 e. The van der Waals surface area contributed by atoms with Crippen molar-refractivity contribution < 1.29 is 4.79 Å². The van der Waals surface area contributed by atoms with Crippen molar-refractivity contribution in [2.75, 3.05) is 5.75 Å². The van der Waals surface area contributed by atoms with Gasteiger partial charge in [-0.25, -0.2) is 0 Å². The summed E-state index contributed by atoms with van der Waals surface area (Å²) in [7, 11) is 0. The SMILES string of the molecule is C[C@H](SCC(=O)N[C@H](C)c1cccc(Cl)c1)c1ccccc1. The molecule has 22 heavy (non-hydrogen) atoms. The van der Waals surface area contributed by atoms with Crippen LogP contribution in [0.1, 0.15) is 36.3 Å². The summed E-state index contributed by atoms with van der Waals surface area (Å²) in [5, 5.41) is 4.00. The highest BCUT2D eigenvalue weighted by atomic mass is 35.5. The number of rotatable bonds is 6. The van der Waals surface area contributed by atoms with E-state index in [0.717, 1.165) is 5.56 Å². The van der Waals surface area contributed by atoms with Crippen LogP contribution in [-0.4, -0.2) is 11.7 Å². The summed E-state index contributed by atoms with van der Waals surface area (Å²) >= 11 is 7.62. The van der Waals surface area contributed by atoms with Crippen LogP contribution in [-0.2, 0) is 4.79 Å². The van der Waals surface area contributed by atoms with Crippen LogP contribution in [0.2, 0.25) is 5.02 Å². The lowest BCUT2D eigenvalue weighted by molar-refractivity contribution is -0.119. The predicted molar refractivity (Wildman–Crippen MR) is 95.3 cm³/mol. The molecule has 1 amide bonds. The Balaban J connectivity index is 1.83. The van der Waals surface area contributed by atoms with Crippen molar-refractivity contribution in [1.29, 1.82) is 0 Å². The summed E-state index contributed by atoms with van der Waals surface area (Å²) in [6, 6.07) is 17.8. The zero-order valence-electron chi connectivity index (χ0n) is 12.8. The van der Waals surface area contributed by atoms with E-state index in [2.05, 4.69) is 24.4 Å². The van der Waals surface area contributed by atoms with Gasteiger partial charge in [0.1, 0.15) is 0 Å². The first-order chi connectivity index (χ1) is 10.6. The fraction of sp³-hybridized carbons (Fsp3) is 0.278. The van der Waals surface area contributed by atoms with E-state index in [1.165, 1.54) is 5.56 Å². The van der Waals surface area contributed by atoms with Crippen LogP contribution in [0.3, 0.4) is 0 Å². The van der Waals surface area contributed by atoms with E-state index in [0.29, 0.717) is 16.0 Å². The van der Waals surface area contributed by atoms with E-state index in [4.69, 9.17) is 11.6 Å². The minimum Gasteiger partial charge on any atom is -0.349 e. The molecule has 0 aliphatic heterocycles. The molecular weight excluding hydrogens is 314 g/mol. The van der Waals surface area contributed by atoms with Crippen molar-refractivity contribution in [1.82, 2.24) is 5.32 Å². The Morgan fingerprint density at radius 3 is 2.45 bits per heavy atom. The number of amides is 1. The Kier molecular flexibility index (Phi) is 6.34. The quantitative estimate of drug-likeness (QED) is 0.805. The molecule has 2 aromatic carbocycles. The van der Waals surface area contributed by atoms with Crippen molar-refractivity contribution in [2.45, 2.75) is 25.1 Å². The minimum absolute atomic E-state index is 0.0419. The Bertz CT molecular complexity index is 617. The molecule has 0 aliphatic carbocycles. The first-order valence-corrected chi connectivity index (χ1v) is 8.70. The molecule has 116 valence electrons. The highest BCUT2D eigenvalue weighted by Crippen LogP contribution is 2.27. The van der Waals surface area contributed by atoms with E-state index in [-0.39, 0.29) is 11.9 Å². The summed E-state index contributed by atoms with van der Waals surface area (Å²) < 4.78 is 0. The molecule has 0 heterocycles. The highest BCUT2D eigenvalue weighted by molar-refractivity contribution is 8.00. The molecule has 0 spiro atoms. The van der Waals surface area contributed by atoms with Crippen molar-refractivity contribution in [2.24, 2.45) is 0 Å². The topological polar surface area (TPSA) is 29.1 Å². The Hall–Kier alpha value is -1.45. The molecule has 1 N–H and O–H groups in total. The van der Waals surface area contributed by atoms with Crippen LogP contribution in [0.4, 0.5) is 0 Å². The van der Waals surface area contributed by atoms with Gasteiger partial charge in [-0.15, -0.1) is 11.8 Å². The van der Waals surface area contributed by atoms with Gasteiger partial charge in [0.05, 0.1) is 11.8 Å². The number of hydrogen-bond donors (Lipinski definition) is 1. The van der Waals surface area contributed by atoms with Gasteiger partial charge in [-0.05, 0) is 37.1 Å². The first kappa shape index (κ1) is 16.9. The van der Waals surface area contributed by atoms with Gasteiger partial charge in [0, 0.05) is 10.3 Å². The number of carbonyl (C=O) groups excluding carboxylic acids is 1. The zero-order valence-corrected chi connectivity index (χ0v) is 14.3. The second-order valence-electron chi connectivity index (χ2n) is 5.21. The number of hydrogen-bond acceptors (Lipinski definition) is 2. The normalized spacial score (nSPS) is 13.4. The molecule has 0 aliphatic rings. The molecule has 0 radical (unpaired) electrons. The largest absolute Gasteiger partial charge is 0.349 e. The third-order valence-corrected chi connectivity index (χ3v) is 4.90. The van der Waals surface area contributed by atoms with Crippen molar-refractivity contribution >= 4 is 29.3 Å². The van der Waals surface area contributed by atoms with Crippen LogP contribution in [0.5, 0.6) is 0 Å². The van der Waals surface area contributed by atoms with Crippen LogP contribution >= 0.6 is 23.4 Å². The molecular formula is C18H20ClNOS. The molecule has 2 atom stereocenters. The van der Waals surface area contributed by atoms with E-state index < -0.39 is 0 Å². The van der Waals surface area contributed by atoms with Gasteiger partial charge in [-0.1, -0.05) is 54.1 Å².